The zero-order chi connectivity index (χ0) is 19.1. The molecule has 0 radical (unpaired) electrons. The zero-order valence-electron chi connectivity index (χ0n) is 15.5. The van der Waals surface area contributed by atoms with E-state index in [0.717, 1.165) is 22.8 Å². The lowest BCUT2D eigenvalue weighted by molar-refractivity contribution is 0.351. The van der Waals surface area contributed by atoms with Crippen molar-refractivity contribution in [2.45, 2.75) is 46.0 Å². The molecule has 1 atom stereocenters. The van der Waals surface area contributed by atoms with E-state index in [0.29, 0.717) is 17.6 Å². The monoisotopic (exact) mass is 354 g/mol. The molecule has 0 amide bonds. The van der Waals surface area contributed by atoms with Crippen LogP contribution in [0.1, 0.15) is 51.8 Å². The number of aromatic hydroxyl groups is 1. The van der Waals surface area contributed by atoms with E-state index in [1.54, 1.807) is 12.1 Å². The Labute approximate surface area is 153 Å². The molecule has 1 aromatic heterocycles. The van der Waals surface area contributed by atoms with Gasteiger partial charge in [0.25, 0.3) is 0 Å². The second-order valence-corrected chi connectivity index (χ2v) is 6.43. The predicted molar refractivity (Wildman–Crippen MR) is 104 cm³/mol. The molecule has 0 unspecified atom stereocenters. The molecule has 138 valence electrons. The molecule has 26 heavy (non-hydrogen) atoms. The van der Waals surface area contributed by atoms with Crippen LogP contribution < -0.4 is 5.73 Å². The van der Waals surface area contributed by atoms with Crippen LogP contribution >= 0.6 is 0 Å². The smallest absolute Gasteiger partial charge is 0.229 e. The Bertz CT molecular complexity index is 869. The van der Waals surface area contributed by atoms with Crippen LogP contribution in [-0.4, -0.2) is 21.1 Å². The van der Waals surface area contributed by atoms with Crippen LogP contribution in [0, 0.1) is 5.41 Å². The number of rotatable bonds is 5. The third kappa shape index (κ3) is 5.31. The van der Waals surface area contributed by atoms with E-state index in [1.807, 2.05) is 24.3 Å². The first-order valence-corrected chi connectivity index (χ1v) is 8.78. The standard InChI is InChI=1S/C18H20N2O2.C2H6N2/c1-3-4-5-12(2)18-19-17(20-22-18)15-7-6-14-11-16(21)9-8-13(14)10-15;1-2(3)4/h6-12,21H,3-5H2,1-2H3;1H3,(H3,3,4)/t12-;/m0./s1. The molecular weight excluding hydrogens is 328 g/mol. The molecule has 6 heteroatoms. The average Bonchev–Trinajstić information content (AvgIpc) is 3.09. The fraction of sp³-hybridized carbons (Fsp3) is 0.350. The molecule has 6 nitrogen and oxygen atoms in total. The Morgan fingerprint density at radius 2 is 1.88 bits per heavy atom. The molecule has 2 aromatic carbocycles. The van der Waals surface area contributed by atoms with Crippen molar-refractivity contribution in [3.8, 4) is 17.1 Å². The van der Waals surface area contributed by atoms with E-state index in [-0.39, 0.29) is 11.6 Å². The summed E-state index contributed by atoms with van der Waals surface area (Å²) in [6.45, 7) is 5.83. The molecule has 3 aromatic rings. The number of fused-ring (bicyclic) bond motifs is 1. The fourth-order valence-electron chi connectivity index (χ4n) is 2.56. The molecule has 0 bridgehead atoms. The lowest BCUT2D eigenvalue weighted by Crippen LogP contribution is -2.00. The molecule has 0 aliphatic rings. The molecule has 3 rings (SSSR count). The van der Waals surface area contributed by atoms with E-state index >= 15 is 0 Å². The van der Waals surface area contributed by atoms with Gasteiger partial charge in [-0.3, -0.25) is 5.41 Å². The van der Waals surface area contributed by atoms with Crippen LogP contribution in [0.4, 0.5) is 0 Å². The number of phenols is 1. The number of hydrogen-bond acceptors (Lipinski definition) is 5. The molecule has 0 aliphatic carbocycles. The number of benzene rings is 2. The lowest BCUT2D eigenvalue weighted by atomic mass is 10.0. The van der Waals surface area contributed by atoms with E-state index < -0.39 is 0 Å². The van der Waals surface area contributed by atoms with Crippen LogP contribution in [0.5, 0.6) is 5.75 Å². The summed E-state index contributed by atoms with van der Waals surface area (Å²) in [5.74, 6) is 2.05. The summed E-state index contributed by atoms with van der Waals surface area (Å²) in [4.78, 5) is 4.53. The SMILES string of the molecule is CC(=N)N.CCCC[C@H](C)c1nc(-c2ccc3cc(O)ccc3c2)no1. The molecule has 0 saturated heterocycles. The minimum atomic E-state index is 0.167. The van der Waals surface area contributed by atoms with Crippen molar-refractivity contribution < 1.29 is 9.63 Å². The molecule has 4 N–H and O–H groups in total. The third-order valence-corrected chi connectivity index (χ3v) is 3.94. The summed E-state index contributed by atoms with van der Waals surface area (Å²) in [6.07, 6.45) is 3.40. The van der Waals surface area contributed by atoms with Crippen LogP contribution in [0.3, 0.4) is 0 Å². The van der Waals surface area contributed by atoms with Gasteiger partial charge in [-0.2, -0.15) is 4.98 Å². The maximum Gasteiger partial charge on any atom is 0.229 e. The summed E-state index contributed by atoms with van der Waals surface area (Å²) in [7, 11) is 0. The van der Waals surface area contributed by atoms with Crippen LogP contribution in [0.2, 0.25) is 0 Å². The number of amidine groups is 1. The summed E-state index contributed by atoms with van der Waals surface area (Å²) in [6, 6.07) is 11.2. The highest BCUT2D eigenvalue weighted by Crippen LogP contribution is 2.27. The van der Waals surface area contributed by atoms with Gasteiger partial charge in [-0.15, -0.1) is 0 Å². The van der Waals surface area contributed by atoms with E-state index in [4.69, 9.17) is 15.7 Å². The van der Waals surface area contributed by atoms with E-state index in [2.05, 4.69) is 24.0 Å². The molecule has 0 fully saturated rings. The number of nitrogens with two attached hydrogens (primary N) is 1. The molecule has 0 aliphatic heterocycles. The summed E-state index contributed by atoms with van der Waals surface area (Å²) in [5, 5.41) is 21.9. The molecule has 0 saturated carbocycles. The minimum Gasteiger partial charge on any atom is -0.508 e. The summed E-state index contributed by atoms with van der Waals surface area (Å²) in [5.41, 5.74) is 5.62. The largest absolute Gasteiger partial charge is 0.508 e. The molecule has 1 heterocycles. The minimum absolute atomic E-state index is 0.167. The highest BCUT2D eigenvalue weighted by Gasteiger charge is 2.15. The number of aromatic nitrogens is 2. The van der Waals surface area contributed by atoms with Gasteiger partial charge in [0, 0.05) is 11.5 Å². The topological polar surface area (TPSA) is 109 Å². The van der Waals surface area contributed by atoms with Gasteiger partial charge < -0.3 is 15.4 Å². The van der Waals surface area contributed by atoms with Gasteiger partial charge in [-0.25, -0.2) is 0 Å². The maximum atomic E-state index is 9.51. The van der Waals surface area contributed by atoms with Crippen molar-refractivity contribution in [2.24, 2.45) is 5.73 Å². The highest BCUT2D eigenvalue weighted by atomic mass is 16.5. The maximum absolute atomic E-state index is 9.51. The van der Waals surface area contributed by atoms with Crippen LogP contribution in [0.15, 0.2) is 40.9 Å². The summed E-state index contributed by atoms with van der Waals surface area (Å²) < 4.78 is 5.41. The fourth-order valence-corrected chi connectivity index (χ4v) is 2.56. The first-order valence-electron chi connectivity index (χ1n) is 8.78. The predicted octanol–water partition coefficient (Wildman–Crippen LogP) is 4.83. The normalized spacial score (nSPS) is 11.7. The number of nitrogens with one attached hydrogen (secondary N) is 1. The van der Waals surface area contributed by atoms with Gasteiger partial charge in [0.15, 0.2) is 0 Å². The van der Waals surface area contributed by atoms with Crippen molar-refractivity contribution in [1.82, 2.24) is 10.1 Å². The Balaban J connectivity index is 0.000000552. The van der Waals surface area contributed by atoms with Gasteiger partial charge in [-0.1, -0.05) is 50.0 Å². The second-order valence-electron chi connectivity index (χ2n) is 6.43. The van der Waals surface area contributed by atoms with Crippen molar-refractivity contribution >= 4 is 16.6 Å². The van der Waals surface area contributed by atoms with Crippen LogP contribution in [-0.2, 0) is 0 Å². The van der Waals surface area contributed by atoms with Crippen molar-refractivity contribution in [1.29, 1.82) is 5.41 Å². The molecular formula is C20H26N4O2. The zero-order valence-corrected chi connectivity index (χ0v) is 15.5. The van der Waals surface area contributed by atoms with Gasteiger partial charge in [0.2, 0.25) is 11.7 Å². The number of hydrogen-bond donors (Lipinski definition) is 3. The van der Waals surface area contributed by atoms with Gasteiger partial charge >= 0.3 is 0 Å². The number of phenolic OH excluding ortho intramolecular Hbond substituents is 1. The van der Waals surface area contributed by atoms with E-state index in [9.17, 15) is 5.11 Å². The quantitative estimate of drug-likeness (QED) is 0.449. The van der Waals surface area contributed by atoms with Gasteiger partial charge in [0.1, 0.15) is 5.75 Å². The van der Waals surface area contributed by atoms with Crippen molar-refractivity contribution in [3.63, 3.8) is 0 Å². The van der Waals surface area contributed by atoms with Crippen molar-refractivity contribution in [3.05, 3.63) is 42.3 Å². The Kier molecular flexibility index (Phi) is 6.72. The van der Waals surface area contributed by atoms with Crippen LogP contribution in [0.25, 0.3) is 22.2 Å². The van der Waals surface area contributed by atoms with Gasteiger partial charge in [-0.05, 0) is 42.3 Å². The first-order chi connectivity index (χ1) is 12.4. The molecule has 0 spiro atoms. The summed E-state index contributed by atoms with van der Waals surface area (Å²) >= 11 is 0. The van der Waals surface area contributed by atoms with Gasteiger partial charge in [0.05, 0.1) is 5.84 Å². The average molecular weight is 354 g/mol. The van der Waals surface area contributed by atoms with Crippen molar-refractivity contribution in [2.75, 3.05) is 0 Å². The Morgan fingerprint density at radius 3 is 2.58 bits per heavy atom. The third-order valence-electron chi connectivity index (χ3n) is 3.94. The Hall–Kier alpha value is -2.89. The van der Waals surface area contributed by atoms with E-state index in [1.165, 1.54) is 19.8 Å². The lowest BCUT2D eigenvalue weighted by Gasteiger charge is -2.03. The highest BCUT2D eigenvalue weighted by molar-refractivity contribution is 5.87. The number of unbranched alkanes of at least 4 members (excludes halogenated alkanes) is 1. The Morgan fingerprint density at radius 1 is 1.23 bits per heavy atom. The number of nitrogens with zero attached hydrogens (tertiary/aromatic N) is 2. The first kappa shape index (κ1) is 19.4. The second kappa shape index (κ2) is 8.99.